The highest BCUT2D eigenvalue weighted by Crippen LogP contribution is 2.27. The SMILES string of the molecule is COc1cc(C=NNc2ccccc2)ccc1OCC#N. The fourth-order valence-electron chi connectivity index (χ4n) is 1.69. The number of hydrazone groups is 1. The number of benzene rings is 2. The molecule has 0 bridgehead atoms. The van der Waals surface area contributed by atoms with Crippen molar-refractivity contribution in [1.29, 1.82) is 5.26 Å². The van der Waals surface area contributed by atoms with Crippen molar-refractivity contribution in [2.24, 2.45) is 5.10 Å². The fraction of sp³-hybridized carbons (Fsp3) is 0.125. The van der Waals surface area contributed by atoms with Crippen LogP contribution in [-0.4, -0.2) is 19.9 Å². The van der Waals surface area contributed by atoms with E-state index in [0.29, 0.717) is 11.5 Å². The third-order valence-corrected chi connectivity index (χ3v) is 2.66. The number of para-hydroxylation sites is 1. The van der Waals surface area contributed by atoms with Crippen LogP contribution in [0.25, 0.3) is 0 Å². The van der Waals surface area contributed by atoms with E-state index in [4.69, 9.17) is 14.7 Å². The Morgan fingerprint density at radius 3 is 2.71 bits per heavy atom. The molecular weight excluding hydrogens is 266 g/mol. The summed E-state index contributed by atoms with van der Waals surface area (Å²) in [6.45, 7) is -0.0145. The van der Waals surface area contributed by atoms with Gasteiger partial charge in [-0.15, -0.1) is 0 Å². The van der Waals surface area contributed by atoms with Crippen LogP contribution in [0.3, 0.4) is 0 Å². The normalized spacial score (nSPS) is 10.1. The number of nitriles is 1. The topological polar surface area (TPSA) is 66.6 Å². The number of anilines is 1. The van der Waals surface area contributed by atoms with Crippen LogP contribution >= 0.6 is 0 Å². The number of rotatable bonds is 6. The second-order valence-electron chi connectivity index (χ2n) is 4.09. The molecule has 0 spiro atoms. The maximum Gasteiger partial charge on any atom is 0.174 e. The number of methoxy groups -OCH3 is 1. The first kappa shape index (κ1) is 14.4. The van der Waals surface area contributed by atoms with E-state index in [9.17, 15) is 0 Å². The summed E-state index contributed by atoms with van der Waals surface area (Å²) in [5, 5.41) is 12.7. The molecule has 5 nitrogen and oxygen atoms in total. The second kappa shape index (κ2) is 7.56. The summed E-state index contributed by atoms with van der Waals surface area (Å²) in [4.78, 5) is 0. The molecule has 0 saturated carbocycles. The molecule has 0 aliphatic carbocycles. The Hall–Kier alpha value is -3.00. The summed E-state index contributed by atoms with van der Waals surface area (Å²) in [6.07, 6.45) is 1.68. The zero-order chi connectivity index (χ0) is 14.9. The van der Waals surface area contributed by atoms with Gasteiger partial charge in [-0.05, 0) is 35.9 Å². The van der Waals surface area contributed by atoms with Gasteiger partial charge in [-0.1, -0.05) is 18.2 Å². The van der Waals surface area contributed by atoms with E-state index in [0.717, 1.165) is 11.3 Å². The zero-order valence-corrected chi connectivity index (χ0v) is 11.6. The second-order valence-corrected chi connectivity index (χ2v) is 4.09. The molecule has 0 aliphatic heterocycles. The van der Waals surface area contributed by atoms with Gasteiger partial charge < -0.3 is 9.47 Å². The van der Waals surface area contributed by atoms with E-state index in [1.165, 1.54) is 0 Å². The molecule has 5 heteroatoms. The fourth-order valence-corrected chi connectivity index (χ4v) is 1.69. The van der Waals surface area contributed by atoms with Gasteiger partial charge in [0.2, 0.25) is 0 Å². The minimum atomic E-state index is -0.0145. The van der Waals surface area contributed by atoms with Crippen molar-refractivity contribution in [1.82, 2.24) is 0 Å². The Kier molecular flexibility index (Phi) is 5.18. The quantitative estimate of drug-likeness (QED) is 0.653. The Morgan fingerprint density at radius 1 is 1.19 bits per heavy atom. The highest BCUT2D eigenvalue weighted by Gasteiger charge is 2.04. The van der Waals surface area contributed by atoms with Crippen molar-refractivity contribution in [2.45, 2.75) is 0 Å². The summed E-state index contributed by atoms with van der Waals surface area (Å²) in [5.74, 6) is 1.10. The first-order chi connectivity index (χ1) is 10.3. The maximum atomic E-state index is 8.52. The van der Waals surface area contributed by atoms with E-state index in [1.54, 1.807) is 25.5 Å². The summed E-state index contributed by atoms with van der Waals surface area (Å²) in [5.41, 5.74) is 4.71. The number of nitrogens with one attached hydrogen (secondary N) is 1. The number of hydrogen-bond donors (Lipinski definition) is 1. The zero-order valence-electron chi connectivity index (χ0n) is 11.6. The average Bonchev–Trinajstić information content (AvgIpc) is 2.54. The molecule has 0 aromatic heterocycles. The highest BCUT2D eigenvalue weighted by atomic mass is 16.5. The highest BCUT2D eigenvalue weighted by molar-refractivity contribution is 5.81. The summed E-state index contributed by atoms with van der Waals surface area (Å²) < 4.78 is 10.5. The third-order valence-electron chi connectivity index (χ3n) is 2.66. The lowest BCUT2D eigenvalue weighted by atomic mass is 10.2. The number of nitrogens with zero attached hydrogens (tertiary/aromatic N) is 2. The van der Waals surface area contributed by atoms with Gasteiger partial charge in [-0.2, -0.15) is 10.4 Å². The predicted octanol–water partition coefficient (Wildman–Crippen LogP) is 3.04. The molecule has 106 valence electrons. The maximum absolute atomic E-state index is 8.52. The molecule has 21 heavy (non-hydrogen) atoms. The van der Waals surface area contributed by atoms with Gasteiger partial charge in [0.1, 0.15) is 6.07 Å². The van der Waals surface area contributed by atoms with Crippen LogP contribution in [0, 0.1) is 11.3 Å². The lowest BCUT2D eigenvalue weighted by molar-refractivity contribution is 0.329. The molecule has 2 rings (SSSR count). The van der Waals surface area contributed by atoms with Crippen LogP contribution in [0.4, 0.5) is 5.69 Å². The van der Waals surface area contributed by atoms with Gasteiger partial charge >= 0.3 is 0 Å². The molecule has 0 saturated heterocycles. The molecule has 0 radical (unpaired) electrons. The minimum absolute atomic E-state index is 0.0145. The molecule has 0 fully saturated rings. The number of ether oxygens (including phenoxy) is 2. The molecule has 1 N–H and O–H groups in total. The van der Waals surface area contributed by atoms with Gasteiger partial charge in [0.15, 0.2) is 18.1 Å². The Balaban J connectivity index is 2.05. The number of hydrogen-bond acceptors (Lipinski definition) is 5. The van der Waals surface area contributed by atoms with Crippen molar-refractivity contribution in [2.75, 3.05) is 19.1 Å². The van der Waals surface area contributed by atoms with Crippen LogP contribution in [0.2, 0.25) is 0 Å². The van der Waals surface area contributed by atoms with Gasteiger partial charge in [-0.25, -0.2) is 0 Å². The molecular formula is C16H15N3O2. The standard InChI is InChI=1S/C16H15N3O2/c1-20-16-11-13(7-8-15(16)21-10-9-17)12-18-19-14-5-3-2-4-6-14/h2-8,11-12,19H,10H2,1H3. The van der Waals surface area contributed by atoms with Gasteiger partial charge in [0, 0.05) is 0 Å². The van der Waals surface area contributed by atoms with Crippen molar-refractivity contribution in [3.05, 3.63) is 54.1 Å². The Labute approximate surface area is 123 Å². The monoisotopic (exact) mass is 281 g/mol. The average molecular weight is 281 g/mol. The largest absolute Gasteiger partial charge is 0.493 e. The van der Waals surface area contributed by atoms with E-state index in [1.807, 2.05) is 42.5 Å². The lowest BCUT2D eigenvalue weighted by Crippen LogP contribution is -1.98. The van der Waals surface area contributed by atoms with Crippen molar-refractivity contribution in [3.8, 4) is 17.6 Å². The molecule has 0 unspecified atom stereocenters. The molecule has 0 aliphatic rings. The van der Waals surface area contributed by atoms with Crippen LogP contribution in [0.5, 0.6) is 11.5 Å². The van der Waals surface area contributed by atoms with Gasteiger partial charge in [0.25, 0.3) is 0 Å². The third kappa shape index (κ3) is 4.25. The summed E-state index contributed by atoms with van der Waals surface area (Å²) in [6, 6.07) is 17.0. The lowest BCUT2D eigenvalue weighted by Gasteiger charge is -2.08. The van der Waals surface area contributed by atoms with E-state index in [-0.39, 0.29) is 6.61 Å². The van der Waals surface area contributed by atoms with Crippen molar-refractivity contribution < 1.29 is 9.47 Å². The van der Waals surface area contributed by atoms with Crippen LogP contribution in [0.1, 0.15) is 5.56 Å². The Morgan fingerprint density at radius 2 is 2.00 bits per heavy atom. The predicted molar refractivity (Wildman–Crippen MR) is 81.8 cm³/mol. The van der Waals surface area contributed by atoms with Crippen molar-refractivity contribution >= 4 is 11.9 Å². The smallest absolute Gasteiger partial charge is 0.174 e. The summed E-state index contributed by atoms with van der Waals surface area (Å²) >= 11 is 0. The molecule has 2 aromatic rings. The molecule has 2 aromatic carbocycles. The van der Waals surface area contributed by atoms with E-state index < -0.39 is 0 Å². The van der Waals surface area contributed by atoms with Crippen molar-refractivity contribution in [3.63, 3.8) is 0 Å². The molecule has 0 atom stereocenters. The molecule has 0 heterocycles. The van der Waals surface area contributed by atoms with Gasteiger partial charge in [-0.3, -0.25) is 5.43 Å². The van der Waals surface area contributed by atoms with Crippen LogP contribution in [-0.2, 0) is 0 Å². The summed E-state index contributed by atoms with van der Waals surface area (Å²) in [7, 11) is 1.55. The first-order valence-corrected chi connectivity index (χ1v) is 6.35. The van der Waals surface area contributed by atoms with E-state index >= 15 is 0 Å². The Bertz CT molecular complexity index is 648. The van der Waals surface area contributed by atoms with Crippen LogP contribution < -0.4 is 14.9 Å². The van der Waals surface area contributed by atoms with Gasteiger partial charge in [0.05, 0.1) is 19.0 Å². The van der Waals surface area contributed by atoms with Crippen LogP contribution in [0.15, 0.2) is 53.6 Å². The minimum Gasteiger partial charge on any atom is -0.493 e. The molecule has 0 amide bonds. The first-order valence-electron chi connectivity index (χ1n) is 6.35. The van der Waals surface area contributed by atoms with E-state index in [2.05, 4.69) is 10.5 Å².